The van der Waals surface area contributed by atoms with Gasteiger partial charge in [-0.25, -0.2) is 9.37 Å². The summed E-state index contributed by atoms with van der Waals surface area (Å²) in [5.74, 6) is -1.55. The van der Waals surface area contributed by atoms with Gasteiger partial charge in [0.2, 0.25) is 0 Å². The highest BCUT2D eigenvalue weighted by atomic mass is 79.9. The van der Waals surface area contributed by atoms with Crippen molar-refractivity contribution >= 4 is 27.3 Å². The second-order valence-corrected chi connectivity index (χ2v) is 7.39. The molecule has 0 spiro atoms. The Labute approximate surface area is 137 Å². The molecular formula is C14H12BrF4NOS. The summed E-state index contributed by atoms with van der Waals surface area (Å²) in [7, 11) is 0. The number of halogens is 5. The molecule has 0 aliphatic rings. The normalized spacial score (nSPS) is 12.0. The van der Waals surface area contributed by atoms with Crippen LogP contribution in [0.2, 0.25) is 0 Å². The van der Waals surface area contributed by atoms with Crippen LogP contribution in [0.25, 0.3) is 11.3 Å². The van der Waals surface area contributed by atoms with Gasteiger partial charge in [0, 0.05) is 10.4 Å². The maximum atomic E-state index is 13.8. The lowest BCUT2D eigenvalue weighted by Crippen LogP contribution is -2.17. The second-order valence-electron chi connectivity index (χ2n) is 5.03. The number of alkyl halides is 3. The lowest BCUT2D eigenvalue weighted by molar-refractivity contribution is -0.275. The molecule has 0 unspecified atom stereocenters. The Hall–Kier alpha value is -1.15. The monoisotopic (exact) mass is 397 g/mol. The Balaban J connectivity index is 2.36. The van der Waals surface area contributed by atoms with Crippen molar-refractivity contribution in [2.45, 2.75) is 26.6 Å². The fourth-order valence-corrected chi connectivity index (χ4v) is 3.69. The lowest BCUT2D eigenvalue weighted by Gasteiger charge is -2.11. The third-order valence-electron chi connectivity index (χ3n) is 2.70. The van der Waals surface area contributed by atoms with Crippen LogP contribution in [0.4, 0.5) is 17.6 Å². The van der Waals surface area contributed by atoms with E-state index in [-0.39, 0.29) is 0 Å². The number of hydrogen-bond donors (Lipinski definition) is 0. The molecule has 0 aliphatic carbocycles. The van der Waals surface area contributed by atoms with Crippen LogP contribution in [0.15, 0.2) is 22.1 Å². The third-order valence-corrected chi connectivity index (χ3v) is 4.22. The smallest absolute Gasteiger partial charge is 0.403 e. The fraction of sp³-hybridized carbons (Fsp3) is 0.357. The summed E-state index contributed by atoms with van der Waals surface area (Å²) >= 11 is 4.71. The molecule has 22 heavy (non-hydrogen) atoms. The van der Waals surface area contributed by atoms with Gasteiger partial charge in [-0.15, -0.1) is 24.5 Å². The Morgan fingerprint density at radius 1 is 1.32 bits per heavy atom. The number of benzene rings is 1. The number of nitrogens with zero attached hydrogens (tertiary/aromatic N) is 1. The first kappa shape index (κ1) is 17.2. The van der Waals surface area contributed by atoms with Crippen molar-refractivity contribution in [1.82, 2.24) is 4.98 Å². The Kier molecular flexibility index (Phi) is 5.11. The van der Waals surface area contributed by atoms with E-state index in [0.717, 1.165) is 23.4 Å². The number of hydrogen-bond acceptors (Lipinski definition) is 3. The molecule has 0 saturated carbocycles. The number of aromatic nitrogens is 1. The van der Waals surface area contributed by atoms with E-state index in [1.54, 1.807) is 0 Å². The molecule has 120 valence electrons. The molecule has 0 bridgehead atoms. The Morgan fingerprint density at radius 2 is 2.00 bits per heavy atom. The highest BCUT2D eigenvalue weighted by Gasteiger charge is 2.32. The molecule has 2 rings (SSSR count). The number of rotatable bonds is 4. The molecule has 0 atom stereocenters. The van der Waals surface area contributed by atoms with E-state index in [1.165, 1.54) is 17.4 Å². The highest BCUT2D eigenvalue weighted by Crippen LogP contribution is 2.35. The Bertz CT molecular complexity index is 669. The van der Waals surface area contributed by atoms with Crippen LogP contribution in [0.1, 0.15) is 18.7 Å². The van der Waals surface area contributed by atoms with Gasteiger partial charge >= 0.3 is 6.36 Å². The van der Waals surface area contributed by atoms with Gasteiger partial charge in [0.25, 0.3) is 0 Å². The largest absolute Gasteiger partial charge is 0.573 e. The quantitative estimate of drug-likeness (QED) is 0.607. The molecule has 1 aromatic carbocycles. The predicted molar refractivity (Wildman–Crippen MR) is 80.4 cm³/mol. The third kappa shape index (κ3) is 4.42. The molecule has 0 amide bonds. The van der Waals surface area contributed by atoms with E-state index in [1.807, 2.05) is 13.8 Å². The van der Waals surface area contributed by atoms with Gasteiger partial charge in [-0.2, -0.15) is 0 Å². The summed E-state index contributed by atoms with van der Waals surface area (Å²) in [6.07, 6.45) is -4.17. The molecule has 0 saturated heterocycles. The fourth-order valence-electron chi connectivity index (χ4n) is 1.91. The van der Waals surface area contributed by atoms with Crippen molar-refractivity contribution in [2.75, 3.05) is 0 Å². The zero-order valence-electron chi connectivity index (χ0n) is 11.7. The minimum Gasteiger partial charge on any atom is -0.403 e. The predicted octanol–water partition coefficient (Wildman–Crippen LogP) is 5.81. The van der Waals surface area contributed by atoms with Crippen molar-refractivity contribution in [3.05, 3.63) is 32.8 Å². The summed E-state index contributed by atoms with van der Waals surface area (Å²) < 4.78 is 54.5. The summed E-state index contributed by atoms with van der Waals surface area (Å²) in [6.45, 7) is 4.08. The van der Waals surface area contributed by atoms with E-state index >= 15 is 0 Å². The second kappa shape index (κ2) is 6.54. The summed E-state index contributed by atoms with van der Waals surface area (Å²) in [5.41, 5.74) is 0.993. The van der Waals surface area contributed by atoms with Crippen LogP contribution < -0.4 is 4.74 Å². The van der Waals surface area contributed by atoms with Crippen LogP contribution in [0.3, 0.4) is 0 Å². The van der Waals surface area contributed by atoms with Crippen LogP contribution in [-0.4, -0.2) is 11.3 Å². The maximum absolute atomic E-state index is 13.8. The van der Waals surface area contributed by atoms with Crippen LogP contribution >= 0.6 is 27.3 Å². The topological polar surface area (TPSA) is 22.1 Å². The first-order chi connectivity index (χ1) is 10.2. The van der Waals surface area contributed by atoms with Crippen LogP contribution in [-0.2, 0) is 6.42 Å². The molecular weight excluding hydrogens is 386 g/mol. The first-order valence-corrected chi connectivity index (χ1v) is 7.97. The van der Waals surface area contributed by atoms with Crippen molar-refractivity contribution in [1.29, 1.82) is 0 Å². The van der Waals surface area contributed by atoms with Crippen LogP contribution in [0, 0.1) is 11.7 Å². The summed E-state index contributed by atoms with van der Waals surface area (Å²) in [4.78, 5) is 5.23. The standard InChI is InChI=1S/C14H12BrF4NOS/c1-7(2)5-11-12(20-13(15)22-11)8-3-4-10(9(16)6-8)21-14(17,18)19/h3-4,6-7H,5H2,1-2H3. The van der Waals surface area contributed by atoms with Gasteiger partial charge in [-0.05, 0) is 46.5 Å². The SMILES string of the molecule is CC(C)Cc1sc(Br)nc1-c1ccc(OC(F)(F)F)c(F)c1. The van der Waals surface area contributed by atoms with Gasteiger partial charge in [0.15, 0.2) is 15.5 Å². The van der Waals surface area contributed by atoms with Crippen molar-refractivity contribution in [2.24, 2.45) is 5.92 Å². The van der Waals surface area contributed by atoms with Gasteiger partial charge in [0.05, 0.1) is 5.69 Å². The molecule has 1 aromatic heterocycles. The summed E-state index contributed by atoms with van der Waals surface area (Å²) in [6, 6.07) is 3.34. The molecule has 0 fully saturated rings. The molecule has 0 N–H and O–H groups in total. The zero-order valence-corrected chi connectivity index (χ0v) is 14.1. The van der Waals surface area contributed by atoms with Crippen LogP contribution in [0.5, 0.6) is 5.75 Å². The first-order valence-electron chi connectivity index (χ1n) is 6.36. The van der Waals surface area contributed by atoms with E-state index in [9.17, 15) is 17.6 Å². The molecule has 0 radical (unpaired) electrons. The molecule has 2 nitrogen and oxygen atoms in total. The van der Waals surface area contributed by atoms with E-state index in [4.69, 9.17) is 0 Å². The average molecular weight is 398 g/mol. The molecule has 1 heterocycles. The van der Waals surface area contributed by atoms with Crippen molar-refractivity contribution in [3.63, 3.8) is 0 Å². The zero-order chi connectivity index (χ0) is 16.5. The van der Waals surface area contributed by atoms with Crippen molar-refractivity contribution in [3.8, 4) is 17.0 Å². The minimum atomic E-state index is -4.92. The summed E-state index contributed by atoms with van der Waals surface area (Å²) in [5, 5.41) is 0. The van der Waals surface area contributed by atoms with Crippen molar-refractivity contribution < 1.29 is 22.3 Å². The lowest BCUT2D eigenvalue weighted by atomic mass is 10.0. The van der Waals surface area contributed by atoms with Gasteiger partial charge < -0.3 is 4.74 Å². The minimum absolute atomic E-state index is 0.379. The molecule has 2 aromatic rings. The van der Waals surface area contributed by atoms with E-state index < -0.39 is 17.9 Å². The number of thiazole rings is 1. The average Bonchev–Trinajstić information content (AvgIpc) is 2.70. The van der Waals surface area contributed by atoms with Gasteiger partial charge in [0.1, 0.15) is 0 Å². The Morgan fingerprint density at radius 3 is 2.55 bits per heavy atom. The highest BCUT2D eigenvalue weighted by molar-refractivity contribution is 9.11. The van der Waals surface area contributed by atoms with Gasteiger partial charge in [-0.3, -0.25) is 0 Å². The molecule has 8 heteroatoms. The van der Waals surface area contributed by atoms with E-state index in [0.29, 0.717) is 21.1 Å². The number of ether oxygens (including phenoxy) is 1. The molecule has 0 aliphatic heterocycles. The van der Waals surface area contributed by atoms with Gasteiger partial charge in [-0.1, -0.05) is 13.8 Å². The maximum Gasteiger partial charge on any atom is 0.573 e. The van der Waals surface area contributed by atoms with E-state index in [2.05, 4.69) is 25.7 Å².